The van der Waals surface area contributed by atoms with Crippen molar-refractivity contribution in [1.29, 1.82) is 0 Å². The van der Waals surface area contributed by atoms with E-state index in [4.69, 9.17) is 5.84 Å². The van der Waals surface area contributed by atoms with Gasteiger partial charge in [-0.1, -0.05) is 6.07 Å². The number of H-pyrrole nitrogens is 1. The van der Waals surface area contributed by atoms with Gasteiger partial charge in [-0.05, 0) is 12.1 Å². The molecule has 5 N–H and O–H groups in total. The average molecular weight is 308 g/mol. The molecule has 3 rings (SSSR count). The summed E-state index contributed by atoms with van der Waals surface area (Å²) in [6.45, 7) is -0.0214. The summed E-state index contributed by atoms with van der Waals surface area (Å²) in [4.78, 5) is 7.96. The van der Waals surface area contributed by atoms with Crippen molar-refractivity contribution in [3.63, 3.8) is 0 Å². The zero-order valence-corrected chi connectivity index (χ0v) is 11.5. The number of nitrogen functional groups attached to an aromatic ring is 1. The SMILES string of the molecule is NNc1nc2ccccn2c1S(=O)(=O)NCc1ncn[nH]1. The van der Waals surface area contributed by atoms with Gasteiger partial charge in [0.2, 0.25) is 0 Å². The van der Waals surface area contributed by atoms with Crippen LogP contribution in [0.5, 0.6) is 0 Å². The van der Waals surface area contributed by atoms with E-state index in [0.717, 1.165) is 0 Å². The number of nitrogens with zero attached hydrogens (tertiary/aromatic N) is 4. The summed E-state index contributed by atoms with van der Waals surface area (Å²) in [5.74, 6) is 5.81. The summed E-state index contributed by atoms with van der Waals surface area (Å²) in [6.07, 6.45) is 2.89. The Kier molecular flexibility index (Phi) is 3.29. The van der Waals surface area contributed by atoms with E-state index in [0.29, 0.717) is 11.5 Å². The molecule has 0 saturated carbocycles. The van der Waals surface area contributed by atoms with E-state index in [9.17, 15) is 8.42 Å². The molecule has 0 unspecified atom stereocenters. The normalized spacial score (nSPS) is 11.9. The summed E-state index contributed by atoms with van der Waals surface area (Å²) in [5, 5.41) is 6.15. The number of hydrogen-bond donors (Lipinski definition) is 4. The smallest absolute Gasteiger partial charge is 0.260 e. The predicted molar refractivity (Wildman–Crippen MR) is 73.4 cm³/mol. The Labute approximate surface area is 119 Å². The summed E-state index contributed by atoms with van der Waals surface area (Å²) in [7, 11) is -3.84. The van der Waals surface area contributed by atoms with Crippen LogP contribution in [0.1, 0.15) is 5.82 Å². The quantitative estimate of drug-likeness (QED) is 0.357. The van der Waals surface area contributed by atoms with Crippen LogP contribution in [0.15, 0.2) is 35.7 Å². The van der Waals surface area contributed by atoms with E-state index in [2.05, 4.69) is 30.3 Å². The summed E-state index contributed by atoms with van der Waals surface area (Å²) in [6, 6.07) is 5.13. The van der Waals surface area contributed by atoms with Gasteiger partial charge in [0.15, 0.2) is 10.8 Å². The molecule has 0 aliphatic rings. The molecule has 10 nitrogen and oxygen atoms in total. The Hall–Kier alpha value is -2.50. The van der Waals surface area contributed by atoms with Gasteiger partial charge < -0.3 is 5.43 Å². The van der Waals surface area contributed by atoms with Crippen molar-refractivity contribution >= 4 is 21.5 Å². The number of aromatic nitrogens is 5. The molecule has 3 aromatic rings. The third-order valence-corrected chi connectivity index (χ3v) is 4.20. The van der Waals surface area contributed by atoms with Crippen molar-refractivity contribution < 1.29 is 8.42 Å². The Morgan fingerprint density at radius 1 is 1.38 bits per heavy atom. The highest BCUT2D eigenvalue weighted by molar-refractivity contribution is 7.89. The highest BCUT2D eigenvalue weighted by atomic mass is 32.2. The van der Waals surface area contributed by atoms with Crippen molar-refractivity contribution in [3.05, 3.63) is 36.5 Å². The molecule has 0 radical (unpaired) electrons. The molecule has 0 spiro atoms. The monoisotopic (exact) mass is 308 g/mol. The van der Waals surface area contributed by atoms with Crippen LogP contribution in [-0.4, -0.2) is 33.0 Å². The van der Waals surface area contributed by atoms with Crippen LogP contribution in [-0.2, 0) is 16.6 Å². The summed E-state index contributed by atoms with van der Waals surface area (Å²) >= 11 is 0. The Bertz CT molecular complexity index is 854. The minimum absolute atomic E-state index is 0.0214. The summed E-state index contributed by atoms with van der Waals surface area (Å²) in [5.41, 5.74) is 2.76. The molecule has 3 heterocycles. The highest BCUT2D eigenvalue weighted by Crippen LogP contribution is 2.21. The van der Waals surface area contributed by atoms with Crippen LogP contribution in [0.3, 0.4) is 0 Å². The Morgan fingerprint density at radius 3 is 2.95 bits per heavy atom. The van der Waals surface area contributed by atoms with Gasteiger partial charge in [-0.2, -0.15) is 5.10 Å². The molecular weight excluding hydrogens is 296 g/mol. The molecule has 0 bridgehead atoms. The molecule has 11 heteroatoms. The molecule has 0 aromatic carbocycles. The lowest BCUT2D eigenvalue weighted by Gasteiger charge is -2.06. The van der Waals surface area contributed by atoms with E-state index in [1.54, 1.807) is 24.4 Å². The molecule has 0 amide bonds. The minimum Gasteiger partial charge on any atom is -0.306 e. The molecule has 0 fully saturated rings. The summed E-state index contributed by atoms with van der Waals surface area (Å²) < 4.78 is 28.7. The molecule has 0 aliphatic carbocycles. The number of hydrogen-bond acceptors (Lipinski definition) is 7. The van der Waals surface area contributed by atoms with Crippen LogP contribution in [0.4, 0.5) is 5.82 Å². The second-order valence-electron chi connectivity index (χ2n) is 4.10. The maximum atomic E-state index is 12.5. The number of rotatable bonds is 5. The fourth-order valence-corrected chi connectivity index (χ4v) is 3.11. The van der Waals surface area contributed by atoms with Crippen LogP contribution in [0.2, 0.25) is 0 Å². The number of anilines is 1. The van der Waals surface area contributed by atoms with Gasteiger partial charge >= 0.3 is 0 Å². The fourth-order valence-electron chi connectivity index (χ4n) is 1.87. The number of aromatic amines is 1. The number of nitrogens with two attached hydrogens (primary N) is 1. The first kappa shape index (κ1) is 13.5. The van der Waals surface area contributed by atoms with E-state index >= 15 is 0 Å². The molecule has 0 aliphatic heterocycles. The number of imidazole rings is 1. The Morgan fingerprint density at radius 2 is 2.24 bits per heavy atom. The molecular formula is C10H12N8O2S. The fraction of sp³-hybridized carbons (Fsp3) is 0.100. The van der Waals surface area contributed by atoms with Gasteiger partial charge in [0.25, 0.3) is 10.0 Å². The van der Waals surface area contributed by atoms with Gasteiger partial charge in [-0.15, -0.1) is 0 Å². The molecule has 3 aromatic heterocycles. The van der Waals surface area contributed by atoms with Gasteiger partial charge in [-0.25, -0.2) is 29.0 Å². The van der Waals surface area contributed by atoms with Crippen LogP contribution in [0, 0.1) is 0 Å². The van der Waals surface area contributed by atoms with E-state index in [-0.39, 0.29) is 17.4 Å². The average Bonchev–Trinajstić information content (AvgIpc) is 3.12. The van der Waals surface area contributed by atoms with E-state index < -0.39 is 10.0 Å². The third kappa shape index (κ3) is 2.44. The van der Waals surface area contributed by atoms with Crippen molar-refractivity contribution in [3.8, 4) is 0 Å². The highest BCUT2D eigenvalue weighted by Gasteiger charge is 2.24. The third-order valence-electron chi connectivity index (χ3n) is 2.77. The van der Waals surface area contributed by atoms with Gasteiger partial charge in [-0.3, -0.25) is 9.50 Å². The second kappa shape index (κ2) is 5.12. The van der Waals surface area contributed by atoms with Gasteiger partial charge in [0.1, 0.15) is 17.8 Å². The number of nitrogens with one attached hydrogen (secondary N) is 3. The van der Waals surface area contributed by atoms with Crippen LogP contribution in [0.25, 0.3) is 5.65 Å². The predicted octanol–water partition coefficient (Wildman–Crippen LogP) is -0.783. The lowest BCUT2D eigenvalue weighted by molar-refractivity contribution is 0.575. The zero-order valence-electron chi connectivity index (χ0n) is 10.7. The first-order chi connectivity index (χ1) is 10.1. The minimum atomic E-state index is -3.84. The molecule has 0 atom stereocenters. The number of sulfonamides is 1. The standard InChI is InChI=1S/C10H12N8O2S/c11-16-9-10(18-4-2-1-3-8(18)15-9)21(19,20)14-5-7-12-6-13-17-7/h1-4,6,14,16H,5,11H2,(H,12,13,17). The van der Waals surface area contributed by atoms with E-state index in [1.807, 2.05) is 0 Å². The zero-order chi connectivity index (χ0) is 14.9. The molecule has 21 heavy (non-hydrogen) atoms. The largest absolute Gasteiger partial charge is 0.306 e. The van der Waals surface area contributed by atoms with Crippen LogP contribution >= 0.6 is 0 Å². The Balaban J connectivity index is 2.01. The maximum absolute atomic E-state index is 12.5. The second-order valence-corrected chi connectivity index (χ2v) is 5.78. The number of hydrazine groups is 1. The van der Waals surface area contributed by atoms with Crippen molar-refractivity contribution in [2.75, 3.05) is 5.43 Å². The lowest BCUT2D eigenvalue weighted by Crippen LogP contribution is -2.26. The van der Waals surface area contributed by atoms with E-state index in [1.165, 1.54) is 10.7 Å². The van der Waals surface area contributed by atoms with Crippen LogP contribution < -0.4 is 16.0 Å². The molecule has 0 saturated heterocycles. The first-order valence-electron chi connectivity index (χ1n) is 5.89. The number of fused-ring (bicyclic) bond motifs is 1. The topological polar surface area (TPSA) is 143 Å². The first-order valence-corrected chi connectivity index (χ1v) is 7.38. The maximum Gasteiger partial charge on any atom is 0.260 e. The lowest BCUT2D eigenvalue weighted by atomic mass is 10.5. The van der Waals surface area contributed by atoms with Gasteiger partial charge in [0, 0.05) is 6.20 Å². The molecule has 110 valence electrons. The van der Waals surface area contributed by atoms with Crippen molar-refractivity contribution in [2.45, 2.75) is 11.6 Å². The van der Waals surface area contributed by atoms with Crippen molar-refractivity contribution in [2.24, 2.45) is 5.84 Å². The number of pyridine rings is 1. The van der Waals surface area contributed by atoms with Crippen molar-refractivity contribution in [1.82, 2.24) is 29.3 Å². The van der Waals surface area contributed by atoms with Gasteiger partial charge in [0.05, 0.1) is 6.54 Å².